The minimum absolute atomic E-state index is 0.0305. The highest BCUT2D eigenvalue weighted by molar-refractivity contribution is 7.92. The summed E-state index contributed by atoms with van der Waals surface area (Å²) in [6.07, 6.45) is -4.46. The van der Waals surface area contributed by atoms with Gasteiger partial charge < -0.3 is 9.80 Å². The Hall–Kier alpha value is -2.66. The lowest BCUT2D eigenvalue weighted by atomic mass is 10.1. The van der Waals surface area contributed by atoms with Crippen LogP contribution >= 0.6 is 34.8 Å². The van der Waals surface area contributed by atoms with Crippen molar-refractivity contribution in [2.24, 2.45) is 0 Å². The van der Waals surface area contributed by atoms with Gasteiger partial charge in [-0.25, -0.2) is 8.42 Å². The first-order valence-corrected chi connectivity index (χ1v) is 13.5. The third kappa shape index (κ3) is 6.26. The summed E-state index contributed by atoms with van der Waals surface area (Å²) < 4.78 is 67.6. The van der Waals surface area contributed by atoms with Gasteiger partial charge in [0.25, 0.3) is 15.9 Å². The third-order valence-electron chi connectivity index (χ3n) is 5.72. The quantitative estimate of drug-likeness (QED) is 0.371. The van der Waals surface area contributed by atoms with Crippen molar-refractivity contribution in [1.82, 2.24) is 4.90 Å². The molecule has 0 aliphatic carbocycles. The van der Waals surface area contributed by atoms with Gasteiger partial charge in [-0.05, 0) is 48.5 Å². The van der Waals surface area contributed by atoms with Gasteiger partial charge in [0.1, 0.15) is 4.90 Å². The zero-order valence-electron chi connectivity index (χ0n) is 18.9. The molecule has 0 atom stereocenters. The fourth-order valence-corrected chi connectivity index (χ4v) is 5.97. The normalized spacial score (nSPS) is 14.5. The van der Waals surface area contributed by atoms with Gasteiger partial charge in [0, 0.05) is 36.9 Å². The highest BCUT2D eigenvalue weighted by Crippen LogP contribution is 2.33. The average Bonchev–Trinajstić information content (AvgIpc) is 2.83. The van der Waals surface area contributed by atoms with Gasteiger partial charge in [0.2, 0.25) is 0 Å². The summed E-state index contributed by atoms with van der Waals surface area (Å²) in [5.41, 5.74) is -0.217. The maximum absolute atomic E-state index is 13.2. The summed E-state index contributed by atoms with van der Waals surface area (Å²) in [5, 5.41) is 0.116. The van der Waals surface area contributed by atoms with Crippen LogP contribution in [0.2, 0.25) is 15.1 Å². The Morgan fingerprint density at radius 1 is 0.865 bits per heavy atom. The number of sulfonamides is 1. The van der Waals surface area contributed by atoms with E-state index in [-0.39, 0.29) is 52.4 Å². The summed E-state index contributed by atoms with van der Waals surface area (Å²) >= 11 is 18.3. The topological polar surface area (TPSA) is 69.7 Å². The lowest BCUT2D eigenvalue weighted by Gasteiger charge is -2.36. The van der Waals surface area contributed by atoms with E-state index in [0.717, 1.165) is 18.2 Å². The molecule has 4 rings (SSSR count). The number of carbonyl (C=O) groups is 1. The van der Waals surface area contributed by atoms with E-state index in [1.54, 1.807) is 23.1 Å². The van der Waals surface area contributed by atoms with Gasteiger partial charge in [0.15, 0.2) is 0 Å². The minimum Gasteiger partial charge on any atom is -0.368 e. The lowest BCUT2D eigenvalue weighted by Crippen LogP contribution is -2.49. The van der Waals surface area contributed by atoms with Gasteiger partial charge in [0.05, 0.1) is 26.9 Å². The Labute approximate surface area is 226 Å². The van der Waals surface area contributed by atoms with Crippen molar-refractivity contribution in [3.8, 4) is 0 Å². The monoisotopic (exact) mass is 591 g/mol. The van der Waals surface area contributed by atoms with Crippen LogP contribution in [0.1, 0.15) is 15.9 Å². The maximum Gasteiger partial charge on any atom is 0.416 e. The molecule has 0 radical (unpaired) electrons. The number of halogens is 6. The Kier molecular flexibility index (Phi) is 7.85. The molecule has 13 heteroatoms. The first kappa shape index (κ1) is 27.4. The molecule has 37 heavy (non-hydrogen) atoms. The molecule has 3 aromatic rings. The number of anilines is 2. The summed E-state index contributed by atoms with van der Waals surface area (Å²) in [6.45, 7) is 0.938. The lowest BCUT2D eigenvalue weighted by molar-refractivity contribution is -0.137. The smallest absolute Gasteiger partial charge is 0.368 e. The largest absolute Gasteiger partial charge is 0.416 e. The molecule has 1 aliphatic heterocycles. The molecule has 1 aliphatic rings. The summed E-state index contributed by atoms with van der Waals surface area (Å²) in [5.74, 6) is -0.524. The number of rotatable bonds is 5. The second-order valence-electron chi connectivity index (χ2n) is 8.21. The van der Waals surface area contributed by atoms with Crippen LogP contribution in [-0.4, -0.2) is 45.4 Å². The van der Waals surface area contributed by atoms with Crippen LogP contribution in [-0.2, 0) is 16.2 Å². The summed E-state index contributed by atoms with van der Waals surface area (Å²) in [7, 11) is -4.20. The van der Waals surface area contributed by atoms with Crippen molar-refractivity contribution in [3.63, 3.8) is 0 Å². The van der Waals surface area contributed by atoms with Crippen LogP contribution in [0.25, 0.3) is 0 Å². The van der Waals surface area contributed by atoms with Crippen LogP contribution in [0.5, 0.6) is 0 Å². The number of amides is 1. The molecule has 1 fully saturated rings. The molecule has 0 unspecified atom stereocenters. The highest BCUT2D eigenvalue weighted by Gasteiger charge is 2.32. The van der Waals surface area contributed by atoms with E-state index in [4.69, 9.17) is 34.8 Å². The SMILES string of the molecule is O=C(c1cc(S(=O)(=O)Nc2cccc(Cl)c2)c(Cl)cc1Cl)N1CCN(c2cccc(C(F)(F)F)c2)CC1. The molecule has 1 saturated heterocycles. The Morgan fingerprint density at radius 2 is 1.54 bits per heavy atom. The van der Waals surface area contributed by atoms with Crippen LogP contribution in [0.15, 0.2) is 65.6 Å². The standard InChI is InChI=1S/C24H19Cl3F3N3O3S/c25-16-4-2-5-17(12-16)31-37(35,36)22-13-19(20(26)14-21(22)27)23(34)33-9-7-32(8-10-33)18-6-1-3-15(11-18)24(28,29)30/h1-6,11-14,31H,7-10H2. The molecule has 3 aromatic carbocycles. The van der Waals surface area contributed by atoms with Gasteiger partial charge in [-0.3, -0.25) is 9.52 Å². The zero-order valence-corrected chi connectivity index (χ0v) is 22.0. The molecule has 6 nitrogen and oxygen atoms in total. The first-order chi connectivity index (χ1) is 17.3. The molecule has 1 heterocycles. The van der Waals surface area contributed by atoms with E-state index >= 15 is 0 Å². The number of piperazine rings is 1. The van der Waals surface area contributed by atoms with Crippen molar-refractivity contribution in [1.29, 1.82) is 0 Å². The fraction of sp³-hybridized carbons (Fsp3) is 0.208. The second-order valence-corrected chi connectivity index (χ2v) is 11.1. The van der Waals surface area contributed by atoms with E-state index < -0.39 is 27.7 Å². The number of benzene rings is 3. The zero-order chi connectivity index (χ0) is 27.0. The second kappa shape index (κ2) is 10.6. The molecule has 0 saturated carbocycles. The van der Waals surface area contributed by atoms with Gasteiger partial charge >= 0.3 is 6.18 Å². The van der Waals surface area contributed by atoms with Crippen LogP contribution in [0, 0.1) is 0 Å². The molecule has 1 amide bonds. The van der Waals surface area contributed by atoms with E-state index in [1.807, 2.05) is 0 Å². The van der Waals surface area contributed by atoms with Crippen LogP contribution in [0.4, 0.5) is 24.5 Å². The van der Waals surface area contributed by atoms with Crippen LogP contribution in [0.3, 0.4) is 0 Å². The van der Waals surface area contributed by atoms with E-state index in [2.05, 4.69) is 4.72 Å². The molecule has 1 N–H and O–H groups in total. The summed E-state index contributed by atoms with van der Waals surface area (Å²) in [4.78, 5) is 16.1. The van der Waals surface area contributed by atoms with Crippen molar-refractivity contribution < 1.29 is 26.4 Å². The van der Waals surface area contributed by atoms with Crippen molar-refractivity contribution in [2.45, 2.75) is 11.1 Å². The van der Waals surface area contributed by atoms with Gasteiger partial charge in [-0.2, -0.15) is 13.2 Å². The van der Waals surface area contributed by atoms with Gasteiger partial charge in [-0.15, -0.1) is 0 Å². The number of hydrogen-bond acceptors (Lipinski definition) is 4. The first-order valence-electron chi connectivity index (χ1n) is 10.8. The van der Waals surface area contributed by atoms with Gasteiger partial charge in [-0.1, -0.05) is 46.9 Å². The minimum atomic E-state index is -4.46. The molecular formula is C24H19Cl3F3N3O3S. The van der Waals surface area contributed by atoms with E-state index in [1.165, 1.54) is 29.2 Å². The molecule has 0 bridgehead atoms. The molecule has 0 aromatic heterocycles. The Bertz CT molecular complexity index is 1440. The highest BCUT2D eigenvalue weighted by atomic mass is 35.5. The maximum atomic E-state index is 13.2. The van der Waals surface area contributed by atoms with Crippen molar-refractivity contribution >= 4 is 62.1 Å². The predicted octanol–water partition coefficient (Wildman–Crippen LogP) is 6.43. The number of alkyl halides is 3. The fourth-order valence-electron chi connectivity index (χ4n) is 3.88. The number of hydrogen-bond donors (Lipinski definition) is 1. The summed E-state index contributed by atoms with van der Waals surface area (Å²) in [6, 6.07) is 13.3. The molecular weight excluding hydrogens is 574 g/mol. The Balaban J connectivity index is 1.52. The van der Waals surface area contributed by atoms with Crippen molar-refractivity contribution in [2.75, 3.05) is 35.8 Å². The Morgan fingerprint density at radius 3 is 2.19 bits per heavy atom. The van der Waals surface area contributed by atoms with Crippen LogP contribution < -0.4 is 9.62 Å². The molecule has 0 spiro atoms. The van der Waals surface area contributed by atoms with E-state index in [9.17, 15) is 26.4 Å². The number of nitrogens with zero attached hydrogens (tertiary/aromatic N) is 2. The van der Waals surface area contributed by atoms with Crippen molar-refractivity contribution in [3.05, 3.63) is 86.9 Å². The molecule has 196 valence electrons. The third-order valence-corrected chi connectivity index (χ3v) is 8.12. The van der Waals surface area contributed by atoms with E-state index in [0.29, 0.717) is 10.7 Å². The number of nitrogens with one attached hydrogen (secondary N) is 1. The number of carbonyl (C=O) groups excluding carboxylic acids is 1. The average molecular weight is 593 g/mol. The predicted molar refractivity (Wildman–Crippen MR) is 138 cm³/mol.